The van der Waals surface area contributed by atoms with Gasteiger partial charge in [-0.25, -0.2) is 4.79 Å². The fourth-order valence-electron chi connectivity index (χ4n) is 0.744. The molecular weight excluding hydrogens is 132 g/mol. The van der Waals surface area contributed by atoms with Gasteiger partial charge in [0, 0.05) is 0 Å². The molecule has 0 fully saturated rings. The van der Waals surface area contributed by atoms with Crippen molar-refractivity contribution >= 4 is 11.8 Å². The van der Waals surface area contributed by atoms with Crippen LogP contribution in [0.3, 0.4) is 0 Å². The lowest BCUT2D eigenvalue weighted by Crippen LogP contribution is -2.11. The highest BCUT2D eigenvalue weighted by atomic mass is 16.4. The number of carbonyl (C=O) groups excluding carboxylic acids is 1. The molecule has 0 unspecified atom stereocenters. The van der Waals surface area contributed by atoms with E-state index in [2.05, 4.69) is 0 Å². The van der Waals surface area contributed by atoms with Gasteiger partial charge >= 0.3 is 5.97 Å². The standard InChI is InChI=1S/C7H6O3/c8-6-4-2-1-3-5(6)7(9)10/h2-4H,1H2,(H,9,10). The van der Waals surface area contributed by atoms with E-state index >= 15 is 0 Å². The van der Waals surface area contributed by atoms with E-state index in [9.17, 15) is 9.59 Å². The molecule has 3 nitrogen and oxygen atoms in total. The van der Waals surface area contributed by atoms with Crippen molar-refractivity contribution in [2.45, 2.75) is 6.42 Å². The molecule has 1 N–H and O–H groups in total. The Labute approximate surface area is 57.7 Å². The van der Waals surface area contributed by atoms with Crippen molar-refractivity contribution in [3.05, 3.63) is 23.8 Å². The summed E-state index contributed by atoms with van der Waals surface area (Å²) in [5.74, 6) is -1.56. The van der Waals surface area contributed by atoms with E-state index in [4.69, 9.17) is 5.11 Å². The summed E-state index contributed by atoms with van der Waals surface area (Å²) < 4.78 is 0. The molecule has 0 spiro atoms. The SMILES string of the molecule is O=C(O)C1=CCC=CC1=O. The molecule has 0 saturated heterocycles. The molecule has 0 heterocycles. The van der Waals surface area contributed by atoms with Crippen LogP contribution in [0.25, 0.3) is 0 Å². The zero-order chi connectivity index (χ0) is 7.56. The van der Waals surface area contributed by atoms with Gasteiger partial charge in [0.05, 0.1) is 0 Å². The Bertz CT molecular complexity index is 235. The highest BCUT2D eigenvalue weighted by Crippen LogP contribution is 2.06. The quantitative estimate of drug-likeness (QED) is 0.537. The molecule has 10 heavy (non-hydrogen) atoms. The first kappa shape index (κ1) is 6.74. The predicted octanol–water partition coefficient (Wildman–Crippen LogP) is 0.526. The van der Waals surface area contributed by atoms with Gasteiger partial charge < -0.3 is 5.11 Å². The minimum Gasteiger partial charge on any atom is -0.478 e. The number of carboxylic acids is 1. The summed E-state index contributed by atoms with van der Waals surface area (Å²) in [6.45, 7) is 0. The van der Waals surface area contributed by atoms with E-state index in [0.29, 0.717) is 6.42 Å². The van der Waals surface area contributed by atoms with Crippen LogP contribution in [0.5, 0.6) is 0 Å². The van der Waals surface area contributed by atoms with Crippen molar-refractivity contribution in [1.82, 2.24) is 0 Å². The molecule has 0 atom stereocenters. The summed E-state index contributed by atoms with van der Waals surface area (Å²) >= 11 is 0. The van der Waals surface area contributed by atoms with E-state index in [0.717, 1.165) is 0 Å². The molecule has 3 heteroatoms. The number of hydrogen-bond acceptors (Lipinski definition) is 2. The van der Waals surface area contributed by atoms with E-state index < -0.39 is 11.8 Å². The molecule has 0 aromatic rings. The van der Waals surface area contributed by atoms with Crippen LogP contribution in [-0.4, -0.2) is 16.9 Å². The second-order valence-corrected chi connectivity index (χ2v) is 1.93. The van der Waals surface area contributed by atoms with Crippen molar-refractivity contribution in [2.24, 2.45) is 0 Å². The van der Waals surface area contributed by atoms with Crippen LogP contribution in [-0.2, 0) is 9.59 Å². The highest BCUT2D eigenvalue weighted by Gasteiger charge is 2.15. The molecule has 1 aliphatic carbocycles. The van der Waals surface area contributed by atoms with E-state index in [-0.39, 0.29) is 5.57 Å². The van der Waals surface area contributed by atoms with Gasteiger partial charge in [0.25, 0.3) is 0 Å². The Morgan fingerprint density at radius 2 is 2.30 bits per heavy atom. The lowest BCUT2D eigenvalue weighted by atomic mass is 10.1. The third-order valence-electron chi connectivity index (χ3n) is 1.22. The molecule has 0 bridgehead atoms. The minimum absolute atomic E-state index is 0.123. The summed E-state index contributed by atoms with van der Waals surface area (Å²) in [5, 5.41) is 8.39. The summed E-state index contributed by atoms with van der Waals surface area (Å²) in [7, 11) is 0. The zero-order valence-electron chi connectivity index (χ0n) is 5.20. The first-order chi connectivity index (χ1) is 4.72. The molecular formula is C7H6O3. The smallest absolute Gasteiger partial charge is 0.339 e. The molecule has 0 radical (unpaired) electrons. The molecule has 1 aliphatic rings. The fourth-order valence-corrected chi connectivity index (χ4v) is 0.744. The van der Waals surface area contributed by atoms with Crippen molar-refractivity contribution in [2.75, 3.05) is 0 Å². The van der Waals surface area contributed by atoms with Crippen LogP contribution in [0.15, 0.2) is 23.8 Å². The molecule has 0 amide bonds. The van der Waals surface area contributed by atoms with Crippen molar-refractivity contribution in [1.29, 1.82) is 0 Å². The van der Waals surface area contributed by atoms with E-state index in [1.807, 2.05) is 0 Å². The summed E-state index contributed by atoms with van der Waals surface area (Å²) in [6.07, 6.45) is 4.86. The Kier molecular flexibility index (Phi) is 1.67. The normalized spacial score (nSPS) is 16.8. The van der Waals surface area contributed by atoms with Crippen LogP contribution >= 0.6 is 0 Å². The maximum absolute atomic E-state index is 10.7. The van der Waals surface area contributed by atoms with Crippen LogP contribution in [0.1, 0.15) is 6.42 Å². The lowest BCUT2D eigenvalue weighted by molar-refractivity contribution is -0.134. The van der Waals surface area contributed by atoms with Crippen LogP contribution in [0.4, 0.5) is 0 Å². The monoisotopic (exact) mass is 138 g/mol. The number of allylic oxidation sites excluding steroid dienone is 3. The Balaban J connectivity index is 2.86. The summed E-state index contributed by atoms with van der Waals surface area (Å²) in [6, 6.07) is 0. The number of rotatable bonds is 1. The number of aliphatic carboxylic acids is 1. The van der Waals surface area contributed by atoms with E-state index in [1.54, 1.807) is 6.08 Å². The second-order valence-electron chi connectivity index (χ2n) is 1.93. The summed E-state index contributed by atoms with van der Waals surface area (Å²) in [5.41, 5.74) is -0.123. The van der Waals surface area contributed by atoms with Crippen LogP contribution < -0.4 is 0 Å². The van der Waals surface area contributed by atoms with Gasteiger partial charge in [0.2, 0.25) is 0 Å². The van der Waals surface area contributed by atoms with E-state index in [1.165, 1.54) is 12.2 Å². The van der Waals surface area contributed by atoms with Gasteiger partial charge in [-0.15, -0.1) is 0 Å². The average molecular weight is 138 g/mol. The average Bonchev–Trinajstić information content (AvgIpc) is 1.88. The summed E-state index contributed by atoms with van der Waals surface area (Å²) in [4.78, 5) is 20.9. The Hall–Kier alpha value is -1.38. The van der Waals surface area contributed by atoms with Gasteiger partial charge in [0.1, 0.15) is 5.57 Å². The Morgan fingerprint density at radius 3 is 2.70 bits per heavy atom. The molecule has 52 valence electrons. The fraction of sp³-hybridized carbons (Fsp3) is 0.143. The molecule has 0 aliphatic heterocycles. The number of hydrogen-bond donors (Lipinski definition) is 1. The molecule has 1 rings (SSSR count). The van der Waals surface area contributed by atoms with Crippen molar-refractivity contribution < 1.29 is 14.7 Å². The first-order valence-corrected chi connectivity index (χ1v) is 2.86. The van der Waals surface area contributed by atoms with Crippen LogP contribution in [0.2, 0.25) is 0 Å². The third kappa shape index (κ3) is 1.13. The largest absolute Gasteiger partial charge is 0.478 e. The van der Waals surface area contributed by atoms with Gasteiger partial charge in [0.15, 0.2) is 5.78 Å². The minimum atomic E-state index is -1.14. The lowest BCUT2D eigenvalue weighted by Gasteiger charge is -1.99. The maximum Gasteiger partial charge on any atom is 0.339 e. The first-order valence-electron chi connectivity index (χ1n) is 2.86. The van der Waals surface area contributed by atoms with Gasteiger partial charge in [-0.05, 0) is 12.5 Å². The van der Waals surface area contributed by atoms with Gasteiger partial charge in [-0.3, -0.25) is 4.79 Å². The topological polar surface area (TPSA) is 54.4 Å². The maximum atomic E-state index is 10.7. The molecule has 0 aromatic carbocycles. The molecule has 0 saturated carbocycles. The van der Waals surface area contributed by atoms with Gasteiger partial charge in [-0.1, -0.05) is 12.2 Å². The van der Waals surface area contributed by atoms with Crippen molar-refractivity contribution in [3.63, 3.8) is 0 Å². The van der Waals surface area contributed by atoms with Gasteiger partial charge in [-0.2, -0.15) is 0 Å². The second kappa shape index (κ2) is 2.47. The predicted molar refractivity (Wildman–Crippen MR) is 34.5 cm³/mol. The van der Waals surface area contributed by atoms with Crippen molar-refractivity contribution in [3.8, 4) is 0 Å². The highest BCUT2D eigenvalue weighted by molar-refractivity contribution is 6.21. The number of carbonyl (C=O) groups is 2. The number of ketones is 1. The third-order valence-corrected chi connectivity index (χ3v) is 1.22. The number of carboxylic acid groups (broad SMARTS) is 1. The van der Waals surface area contributed by atoms with Crippen LogP contribution in [0, 0.1) is 0 Å². The Morgan fingerprint density at radius 1 is 1.60 bits per heavy atom. The zero-order valence-corrected chi connectivity index (χ0v) is 5.20. The molecule has 0 aromatic heterocycles.